The van der Waals surface area contributed by atoms with Gasteiger partial charge >= 0.3 is 0 Å². The lowest BCUT2D eigenvalue weighted by atomic mass is 9.96. The van der Waals surface area contributed by atoms with Crippen molar-refractivity contribution in [3.8, 4) is 0 Å². The van der Waals surface area contributed by atoms with Crippen LogP contribution in [0, 0.1) is 12.8 Å². The molecule has 5 nitrogen and oxygen atoms in total. The molecule has 0 bridgehead atoms. The molecule has 30 heavy (non-hydrogen) atoms. The van der Waals surface area contributed by atoms with Crippen molar-refractivity contribution in [2.75, 3.05) is 10.6 Å². The van der Waals surface area contributed by atoms with Crippen molar-refractivity contribution in [2.45, 2.75) is 53.4 Å². The Morgan fingerprint density at radius 1 is 1.00 bits per heavy atom. The highest BCUT2D eigenvalue weighted by atomic mass is 32.1. The Kier molecular flexibility index (Phi) is 8.54. The first-order chi connectivity index (χ1) is 14.2. The van der Waals surface area contributed by atoms with E-state index in [4.69, 9.17) is 12.2 Å². The third-order valence-electron chi connectivity index (χ3n) is 4.84. The van der Waals surface area contributed by atoms with Crippen molar-refractivity contribution in [1.82, 2.24) is 5.32 Å². The highest BCUT2D eigenvalue weighted by Crippen LogP contribution is 2.21. The topological polar surface area (TPSA) is 70.2 Å². The monoisotopic (exact) mass is 425 g/mol. The van der Waals surface area contributed by atoms with Crippen molar-refractivity contribution < 1.29 is 9.59 Å². The SMILES string of the molecule is CCC(=O)Nc1cc(NC(=S)NC(=O)C(C)c2ccc(CC(C)C)cc2)ccc1C. The zero-order chi connectivity index (χ0) is 22.3. The minimum atomic E-state index is -0.324. The van der Waals surface area contributed by atoms with Crippen molar-refractivity contribution in [2.24, 2.45) is 5.92 Å². The molecule has 0 saturated carbocycles. The van der Waals surface area contributed by atoms with Crippen LogP contribution in [0.25, 0.3) is 0 Å². The Labute approximate surface area is 184 Å². The van der Waals surface area contributed by atoms with Crippen LogP contribution < -0.4 is 16.0 Å². The van der Waals surface area contributed by atoms with Crippen LogP contribution in [0.2, 0.25) is 0 Å². The van der Waals surface area contributed by atoms with Gasteiger partial charge in [-0.3, -0.25) is 9.59 Å². The predicted molar refractivity (Wildman–Crippen MR) is 128 cm³/mol. The summed E-state index contributed by atoms with van der Waals surface area (Å²) >= 11 is 5.31. The van der Waals surface area contributed by atoms with Gasteiger partial charge in [0.25, 0.3) is 0 Å². The molecule has 0 aromatic heterocycles. The van der Waals surface area contributed by atoms with Gasteiger partial charge in [-0.1, -0.05) is 51.1 Å². The summed E-state index contributed by atoms with van der Waals surface area (Å²) in [7, 11) is 0. The summed E-state index contributed by atoms with van der Waals surface area (Å²) in [6.45, 7) is 9.96. The Balaban J connectivity index is 1.98. The number of anilines is 2. The van der Waals surface area contributed by atoms with Crippen LogP contribution in [0.4, 0.5) is 11.4 Å². The number of nitrogens with one attached hydrogen (secondary N) is 3. The highest BCUT2D eigenvalue weighted by Gasteiger charge is 2.17. The highest BCUT2D eigenvalue weighted by molar-refractivity contribution is 7.80. The maximum Gasteiger partial charge on any atom is 0.233 e. The lowest BCUT2D eigenvalue weighted by Gasteiger charge is -2.16. The molecule has 0 aliphatic heterocycles. The van der Waals surface area contributed by atoms with E-state index in [2.05, 4.69) is 41.9 Å². The number of hydrogen-bond acceptors (Lipinski definition) is 3. The number of hydrogen-bond donors (Lipinski definition) is 3. The van der Waals surface area contributed by atoms with Crippen LogP contribution in [0.1, 0.15) is 56.7 Å². The summed E-state index contributed by atoms with van der Waals surface area (Å²) in [5.74, 6) is 0.0444. The number of aryl methyl sites for hydroxylation is 1. The summed E-state index contributed by atoms with van der Waals surface area (Å²) < 4.78 is 0. The Morgan fingerprint density at radius 3 is 2.27 bits per heavy atom. The number of thiocarbonyl (C=S) groups is 1. The van der Waals surface area contributed by atoms with E-state index in [-0.39, 0.29) is 22.8 Å². The second-order valence-electron chi connectivity index (χ2n) is 7.94. The van der Waals surface area contributed by atoms with Gasteiger partial charge in [0.05, 0.1) is 5.92 Å². The smallest absolute Gasteiger partial charge is 0.233 e. The van der Waals surface area contributed by atoms with Gasteiger partial charge in [-0.2, -0.15) is 0 Å². The first-order valence-electron chi connectivity index (χ1n) is 10.3. The third kappa shape index (κ3) is 6.95. The zero-order valence-electron chi connectivity index (χ0n) is 18.3. The minimum Gasteiger partial charge on any atom is -0.332 e. The summed E-state index contributed by atoms with van der Waals surface area (Å²) in [5, 5.41) is 8.85. The second-order valence-corrected chi connectivity index (χ2v) is 8.34. The fourth-order valence-corrected chi connectivity index (χ4v) is 3.24. The van der Waals surface area contributed by atoms with Gasteiger partial charge in [-0.25, -0.2) is 0 Å². The molecule has 1 unspecified atom stereocenters. The molecule has 2 aromatic rings. The van der Waals surface area contributed by atoms with Crippen LogP contribution in [-0.4, -0.2) is 16.9 Å². The van der Waals surface area contributed by atoms with E-state index in [0.29, 0.717) is 18.0 Å². The van der Waals surface area contributed by atoms with Crippen molar-refractivity contribution >= 4 is 40.5 Å². The van der Waals surface area contributed by atoms with Crippen molar-refractivity contribution in [3.05, 3.63) is 59.2 Å². The quantitative estimate of drug-likeness (QED) is 0.536. The average Bonchev–Trinajstić information content (AvgIpc) is 2.69. The van der Waals surface area contributed by atoms with Crippen LogP contribution in [0.3, 0.4) is 0 Å². The number of benzene rings is 2. The van der Waals surface area contributed by atoms with E-state index in [1.165, 1.54) is 5.56 Å². The number of amides is 2. The second kappa shape index (κ2) is 10.9. The van der Waals surface area contributed by atoms with Gasteiger partial charge in [-0.05, 0) is 67.2 Å². The van der Waals surface area contributed by atoms with Crippen LogP contribution in [0.5, 0.6) is 0 Å². The molecule has 0 saturated heterocycles. The molecule has 0 radical (unpaired) electrons. The molecular formula is C24H31N3O2S. The molecule has 3 N–H and O–H groups in total. The maximum atomic E-state index is 12.6. The van der Waals surface area contributed by atoms with E-state index in [1.54, 1.807) is 13.0 Å². The van der Waals surface area contributed by atoms with Crippen LogP contribution in [-0.2, 0) is 16.0 Å². The van der Waals surface area contributed by atoms with Crippen LogP contribution in [0.15, 0.2) is 42.5 Å². The number of carbonyl (C=O) groups is 2. The van der Waals surface area contributed by atoms with Gasteiger partial charge < -0.3 is 16.0 Å². The molecule has 0 aliphatic rings. The van der Waals surface area contributed by atoms with Crippen LogP contribution >= 0.6 is 12.2 Å². The summed E-state index contributed by atoms with van der Waals surface area (Å²) in [6, 6.07) is 13.7. The normalized spacial score (nSPS) is 11.7. The van der Waals surface area contributed by atoms with E-state index >= 15 is 0 Å². The predicted octanol–water partition coefficient (Wildman–Crippen LogP) is 5.16. The molecule has 2 amide bonds. The summed E-state index contributed by atoms with van der Waals surface area (Å²) in [6.07, 6.45) is 1.42. The summed E-state index contributed by atoms with van der Waals surface area (Å²) in [4.78, 5) is 24.3. The number of rotatable bonds is 7. The van der Waals surface area contributed by atoms with E-state index < -0.39 is 0 Å². The first kappa shape index (κ1) is 23.5. The van der Waals surface area contributed by atoms with Gasteiger partial charge in [0.1, 0.15) is 0 Å². The summed E-state index contributed by atoms with van der Waals surface area (Å²) in [5.41, 5.74) is 4.58. The largest absolute Gasteiger partial charge is 0.332 e. The minimum absolute atomic E-state index is 0.0561. The molecule has 6 heteroatoms. The van der Waals surface area contributed by atoms with E-state index in [9.17, 15) is 9.59 Å². The fraction of sp³-hybridized carbons (Fsp3) is 0.375. The Hall–Kier alpha value is -2.73. The molecule has 1 atom stereocenters. The molecule has 2 aromatic carbocycles. The van der Waals surface area contributed by atoms with Gasteiger partial charge in [0, 0.05) is 17.8 Å². The fourth-order valence-electron chi connectivity index (χ4n) is 3.02. The molecule has 2 rings (SSSR count). The van der Waals surface area contributed by atoms with Crippen molar-refractivity contribution in [3.63, 3.8) is 0 Å². The van der Waals surface area contributed by atoms with E-state index in [0.717, 1.165) is 23.2 Å². The maximum absolute atomic E-state index is 12.6. The Bertz CT molecular complexity index is 907. The molecule has 160 valence electrons. The molecular weight excluding hydrogens is 394 g/mol. The molecule has 0 aliphatic carbocycles. The third-order valence-corrected chi connectivity index (χ3v) is 5.05. The lowest BCUT2D eigenvalue weighted by Crippen LogP contribution is -2.36. The van der Waals surface area contributed by atoms with Gasteiger partial charge in [-0.15, -0.1) is 0 Å². The average molecular weight is 426 g/mol. The Morgan fingerprint density at radius 2 is 1.67 bits per heavy atom. The number of carbonyl (C=O) groups excluding carboxylic acids is 2. The zero-order valence-corrected chi connectivity index (χ0v) is 19.2. The molecule has 0 spiro atoms. The standard InChI is InChI=1S/C24H31N3O2S/c1-6-22(28)26-21-14-20(12-7-16(21)4)25-24(30)27-23(29)17(5)19-10-8-18(9-11-19)13-15(2)3/h7-12,14-15,17H,6,13H2,1-5H3,(H,26,28)(H2,25,27,29,30). The van der Waals surface area contributed by atoms with E-state index in [1.807, 2.05) is 38.1 Å². The van der Waals surface area contributed by atoms with Gasteiger partial charge in [0.2, 0.25) is 11.8 Å². The molecule has 0 heterocycles. The van der Waals surface area contributed by atoms with Crippen molar-refractivity contribution in [1.29, 1.82) is 0 Å². The first-order valence-corrected chi connectivity index (χ1v) is 10.7. The van der Waals surface area contributed by atoms with Gasteiger partial charge in [0.15, 0.2) is 5.11 Å². The molecule has 0 fully saturated rings. The lowest BCUT2D eigenvalue weighted by molar-refractivity contribution is -0.120.